The van der Waals surface area contributed by atoms with Crippen LogP contribution in [0.2, 0.25) is 0 Å². The molecule has 1 heterocycles. The van der Waals surface area contributed by atoms with Crippen LogP contribution in [0.25, 0.3) is 0 Å². The maximum Gasteiger partial charge on any atom is 0.304 e. The first kappa shape index (κ1) is 24.6. The molecule has 3 aromatic carbocycles. The Hall–Kier alpha value is -3.55. The maximum absolute atomic E-state index is 11.1. The maximum atomic E-state index is 11.1. The van der Waals surface area contributed by atoms with Gasteiger partial charge in [0.25, 0.3) is 0 Å². The van der Waals surface area contributed by atoms with Gasteiger partial charge in [0, 0.05) is 6.54 Å². The number of ether oxygens (including phenoxy) is 1. The van der Waals surface area contributed by atoms with Crippen molar-refractivity contribution in [2.75, 3.05) is 13.1 Å². The Morgan fingerprint density at radius 1 is 0.971 bits per heavy atom. The summed E-state index contributed by atoms with van der Waals surface area (Å²) in [6.45, 7) is 5.48. The summed E-state index contributed by atoms with van der Waals surface area (Å²) in [6.07, 6.45) is 2.44. The average Bonchev–Trinajstić information content (AvgIpc) is 2.89. The summed E-state index contributed by atoms with van der Waals surface area (Å²) in [4.78, 5) is 13.6. The fraction of sp³-hybridized carbons (Fsp3) is 0.323. The number of carbonyl (C=O) groups is 1. The first-order valence-corrected chi connectivity index (χ1v) is 12.3. The number of likely N-dealkylation sites (tertiary alicyclic amines) is 1. The van der Waals surface area contributed by atoms with E-state index in [9.17, 15) is 4.79 Å². The molecule has 3 aromatic rings. The van der Waals surface area contributed by atoms with Crippen molar-refractivity contribution in [3.05, 3.63) is 101 Å². The van der Waals surface area contributed by atoms with Crippen molar-refractivity contribution < 1.29 is 14.6 Å². The summed E-state index contributed by atoms with van der Waals surface area (Å²) >= 11 is 0. The fourth-order valence-electron chi connectivity index (χ4n) is 4.71. The van der Waals surface area contributed by atoms with Crippen molar-refractivity contribution in [1.29, 1.82) is 0 Å². The molecule has 4 nitrogen and oxygen atoms in total. The molecule has 0 spiro atoms. The smallest absolute Gasteiger partial charge is 0.304 e. The number of piperidine rings is 1. The summed E-state index contributed by atoms with van der Waals surface area (Å²) in [6, 6.07) is 27.1. The number of carboxylic acid groups (broad SMARTS) is 1. The summed E-state index contributed by atoms with van der Waals surface area (Å²) in [5, 5.41) is 9.11. The van der Waals surface area contributed by atoms with E-state index in [0.29, 0.717) is 12.5 Å². The third kappa shape index (κ3) is 7.21. The SMILES string of the molecule is CC#C[C@@H](CC(=O)O)c1ccc(OCc2ccc(CN3CCC(c4ccccc4)CC3)cc2)cc1. The van der Waals surface area contributed by atoms with Gasteiger partial charge in [0.2, 0.25) is 0 Å². The molecule has 35 heavy (non-hydrogen) atoms. The number of hydrogen-bond donors (Lipinski definition) is 1. The van der Waals surface area contributed by atoms with Crippen LogP contribution >= 0.6 is 0 Å². The van der Waals surface area contributed by atoms with E-state index in [1.807, 2.05) is 24.3 Å². The summed E-state index contributed by atoms with van der Waals surface area (Å²) < 4.78 is 5.95. The number of benzene rings is 3. The Balaban J connectivity index is 1.24. The van der Waals surface area contributed by atoms with Crippen LogP contribution in [0.1, 0.15) is 60.3 Å². The number of nitrogens with zero attached hydrogens (tertiary/aromatic N) is 1. The molecule has 0 aromatic heterocycles. The number of hydrogen-bond acceptors (Lipinski definition) is 3. The highest BCUT2D eigenvalue weighted by molar-refractivity contribution is 5.69. The van der Waals surface area contributed by atoms with Gasteiger partial charge in [0.1, 0.15) is 12.4 Å². The molecule has 0 amide bonds. The molecule has 0 saturated carbocycles. The van der Waals surface area contributed by atoms with Crippen molar-refractivity contribution in [2.24, 2.45) is 0 Å². The van der Waals surface area contributed by atoms with Gasteiger partial charge in [0.05, 0.1) is 12.3 Å². The molecule has 1 aliphatic rings. The molecule has 1 aliphatic heterocycles. The fourth-order valence-corrected chi connectivity index (χ4v) is 4.71. The zero-order valence-corrected chi connectivity index (χ0v) is 20.3. The highest BCUT2D eigenvalue weighted by Crippen LogP contribution is 2.28. The van der Waals surface area contributed by atoms with Gasteiger partial charge in [-0.05, 0) is 73.2 Å². The Kier molecular flexibility index (Phi) is 8.59. The predicted molar refractivity (Wildman–Crippen MR) is 139 cm³/mol. The first-order chi connectivity index (χ1) is 17.1. The third-order valence-corrected chi connectivity index (χ3v) is 6.67. The summed E-state index contributed by atoms with van der Waals surface area (Å²) in [5.41, 5.74) is 4.83. The molecule has 4 heteroatoms. The molecule has 0 radical (unpaired) electrons. The van der Waals surface area contributed by atoms with Crippen molar-refractivity contribution in [2.45, 2.75) is 51.2 Å². The van der Waals surface area contributed by atoms with Crippen molar-refractivity contribution in [3.8, 4) is 17.6 Å². The van der Waals surface area contributed by atoms with E-state index in [-0.39, 0.29) is 12.3 Å². The second-order valence-electron chi connectivity index (χ2n) is 9.18. The van der Waals surface area contributed by atoms with Crippen LogP contribution in [-0.2, 0) is 17.9 Å². The molecule has 1 atom stereocenters. The minimum atomic E-state index is -0.849. The van der Waals surface area contributed by atoms with Gasteiger partial charge in [-0.2, -0.15) is 0 Å². The summed E-state index contributed by atoms with van der Waals surface area (Å²) in [7, 11) is 0. The molecular weight excluding hydrogens is 434 g/mol. The zero-order valence-electron chi connectivity index (χ0n) is 20.3. The van der Waals surface area contributed by atoms with Crippen molar-refractivity contribution in [3.63, 3.8) is 0 Å². The molecule has 1 fully saturated rings. The lowest BCUT2D eigenvalue weighted by Gasteiger charge is -2.32. The zero-order chi connectivity index (χ0) is 24.5. The van der Waals surface area contributed by atoms with E-state index in [4.69, 9.17) is 9.84 Å². The van der Waals surface area contributed by atoms with E-state index in [1.165, 1.54) is 24.0 Å². The van der Waals surface area contributed by atoms with Crippen LogP contribution in [0.15, 0.2) is 78.9 Å². The Morgan fingerprint density at radius 2 is 1.63 bits per heavy atom. The van der Waals surface area contributed by atoms with Gasteiger partial charge in [-0.3, -0.25) is 9.69 Å². The highest BCUT2D eigenvalue weighted by Gasteiger charge is 2.20. The number of aliphatic carboxylic acids is 1. The van der Waals surface area contributed by atoms with Gasteiger partial charge < -0.3 is 9.84 Å². The number of carboxylic acids is 1. The largest absolute Gasteiger partial charge is 0.489 e. The normalized spacial score (nSPS) is 15.1. The van der Waals surface area contributed by atoms with Gasteiger partial charge in [-0.1, -0.05) is 72.7 Å². The van der Waals surface area contributed by atoms with Crippen molar-refractivity contribution in [1.82, 2.24) is 4.90 Å². The van der Waals surface area contributed by atoms with Gasteiger partial charge >= 0.3 is 5.97 Å². The molecule has 1 N–H and O–H groups in total. The highest BCUT2D eigenvalue weighted by atomic mass is 16.5. The van der Waals surface area contributed by atoms with Crippen molar-refractivity contribution >= 4 is 5.97 Å². The molecule has 0 unspecified atom stereocenters. The van der Waals surface area contributed by atoms with E-state index >= 15 is 0 Å². The van der Waals surface area contributed by atoms with Crippen LogP contribution in [0, 0.1) is 11.8 Å². The van der Waals surface area contributed by atoms with E-state index in [1.54, 1.807) is 6.92 Å². The molecular formula is C31H33NO3. The third-order valence-electron chi connectivity index (χ3n) is 6.67. The second-order valence-corrected chi connectivity index (χ2v) is 9.18. The lowest BCUT2D eigenvalue weighted by Crippen LogP contribution is -2.32. The molecule has 0 bridgehead atoms. The average molecular weight is 468 g/mol. The topological polar surface area (TPSA) is 49.8 Å². The Labute approximate surface area is 208 Å². The standard InChI is InChI=1S/C31H33NO3/c1-2-6-29(21-31(33)34)27-13-15-30(16-14-27)35-23-25-11-9-24(10-12-25)22-32-19-17-28(18-20-32)26-7-4-3-5-8-26/h3-5,7-16,28-29H,17-23H2,1H3,(H,33,34)/t29-/m0/s1. The van der Waals surface area contributed by atoms with Gasteiger partial charge in [-0.15, -0.1) is 5.92 Å². The Morgan fingerprint density at radius 3 is 2.26 bits per heavy atom. The van der Waals surface area contributed by atoms with E-state index < -0.39 is 5.97 Å². The minimum Gasteiger partial charge on any atom is -0.489 e. The van der Waals surface area contributed by atoms with Crippen LogP contribution in [0.5, 0.6) is 5.75 Å². The van der Waals surface area contributed by atoms with Gasteiger partial charge in [0.15, 0.2) is 0 Å². The molecule has 1 saturated heterocycles. The monoisotopic (exact) mass is 467 g/mol. The minimum absolute atomic E-state index is 0.00156. The second kappa shape index (κ2) is 12.2. The molecule has 0 aliphatic carbocycles. The Bertz CT molecular complexity index is 1140. The molecule has 180 valence electrons. The lowest BCUT2D eigenvalue weighted by atomic mass is 9.89. The number of rotatable bonds is 9. The van der Waals surface area contributed by atoms with E-state index in [0.717, 1.165) is 36.5 Å². The van der Waals surface area contributed by atoms with Crippen LogP contribution in [0.4, 0.5) is 0 Å². The van der Waals surface area contributed by atoms with Crippen LogP contribution in [0.3, 0.4) is 0 Å². The summed E-state index contributed by atoms with van der Waals surface area (Å²) in [5.74, 6) is 6.09. The van der Waals surface area contributed by atoms with E-state index in [2.05, 4.69) is 71.3 Å². The van der Waals surface area contributed by atoms with Crippen LogP contribution < -0.4 is 4.74 Å². The first-order valence-electron chi connectivity index (χ1n) is 12.3. The quantitative estimate of drug-likeness (QED) is 0.379. The molecule has 4 rings (SSSR count). The van der Waals surface area contributed by atoms with Gasteiger partial charge in [-0.25, -0.2) is 0 Å². The predicted octanol–water partition coefficient (Wildman–Crippen LogP) is 6.23. The lowest BCUT2D eigenvalue weighted by molar-refractivity contribution is -0.137. The van der Waals surface area contributed by atoms with Crippen LogP contribution in [-0.4, -0.2) is 29.1 Å².